The number of nitro benzene ring substituents is 1. The van der Waals surface area contributed by atoms with Gasteiger partial charge in [-0.15, -0.1) is 0 Å². The third kappa shape index (κ3) is 4.29. The average Bonchev–Trinajstić information content (AvgIpc) is 2.55. The molecule has 6 nitrogen and oxygen atoms in total. The largest absolute Gasteiger partial charge is 0.351 e. The van der Waals surface area contributed by atoms with E-state index in [1.165, 1.54) is 18.2 Å². The van der Waals surface area contributed by atoms with Crippen LogP contribution in [0.5, 0.6) is 0 Å². The van der Waals surface area contributed by atoms with Gasteiger partial charge in [0.15, 0.2) is 0 Å². The van der Waals surface area contributed by atoms with Crippen molar-refractivity contribution in [1.29, 1.82) is 0 Å². The predicted molar refractivity (Wildman–Crippen MR) is 92.3 cm³/mol. The Bertz CT molecular complexity index is 735. The summed E-state index contributed by atoms with van der Waals surface area (Å²) in [6.45, 7) is 4.46. The quantitative estimate of drug-likeness (QED) is 0.636. The highest BCUT2D eigenvalue weighted by atomic mass is 35.5. The molecule has 0 saturated carbocycles. The lowest BCUT2D eigenvalue weighted by molar-refractivity contribution is -0.385. The Morgan fingerprint density at radius 1 is 1.38 bits per heavy atom. The number of nitro groups is 1. The molecule has 0 spiro atoms. The molecule has 2 rings (SSSR count). The zero-order chi connectivity index (χ0) is 17.7. The van der Waals surface area contributed by atoms with Gasteiger partial charge in [0.2, 0.25) is 0 Å². The van der Waals surface area contributed by atoms with Gasteiger partial charge < -0.3 is 5.32 Å². The molecule has 1 unspecified atom stereocenters. The van der Waals surface area contributed by atoms with E-state index in [9.17, 15) is 14.9 Å². The molecule has 1 heterocycles. The fraction of sp³-hybridized carbons (Fsp3) is 0.294. The smallest absolute Gasteiger partial charge is 0.283 e. The molecule has 7 heteroatoms. The van der Waals surface area contributed by atoms with Crippen molar-refractivity contribution < 1.29 is 9.72 Å². The van der Waals surface area contributed by atoms with Crippen molar-refractivity contribution in [1.82, 2.24) is 10.3 Å². The van der Waals surface area contributed by atoms with Crippen molar-refractivity contribution in [2.45, 2.75) is 19.8 Å². The molecular formula is C17H18ClN3O3. The summed E-state index contributed by atoms with van der Waals surface area (Å²) >= 11 is 5.77. The Morgan fingerprint density at radius 3 is 2.71 bits per heavy atom. The number of benzene rings is 1. The molecule has 0 saturated heterocycles. The number of hydrogen-bond acceptors (Lipinski definition) is 4. The molecular weight excluding hydrogens is 330 g/mol. The van der Waals surface area contributed by atoms with Crippen LogP contribution in [0.25, 0.3) is 0 Å². The summed E-state index contributed by atoms with van der Waals surface area (Å²) in [6, 6.07) is 7.80. The summed E-state index contributed by atoms with van der Waals surface area (Å²) in [4.78, 5) is 27.0. The first kappa shape index (κ1) is 17.9. The van der Waals surface area contributed by atoms with Crippen molar-refractivity contribution in [2.24, 2.45) is 5.92 Å². The lowest BCUT2D eigenvalue weighted by Gasteiger charge is -2.21. The molecule has 0 aliphatic heterocycles. The maximum absolute atomic E-state index is 12.4. The second-order valence-corrected chi connectivity index (χ2v) is 6.20. The van der Waals surface area contributed by atoms with Gasteiger partial charge in [-0.25, -0.2) is 0 Å². The Balaban J connectivity index is 2.16. The van der Waals surface area contributed by atoms with Gasteiger partial charge in [0, 0.05) is 35.9 Å². The maximum Gasteiger partial charge on any atom is 0.283 e. The van der Waals surface area contributed by atoms with E-state index in [2.05, 4.69) is 24.1 Å². The number of halogens is 1. The van der Waals surface area contributed by atoms with Crippen molar-refractivity contribution in [2.75, 3.05) is 6.54 Å². The molecule has 0 aliphatic rings. The number of carbonyl (C=O) groups is 1. The van der Waals surface area contributed by atoms with E-state index in [4.69, 9.17) is 11.6 Å². The Hall–Kier alpha value is -2.47. The fourth-order valence-corrected chi connectivity index (χ4v) is 2.65. The summed E-state index contributed by atoms with van der Waals surface area (Å²) < 4.78 is 0. The minimum atomic E-state index is -0.609. The Labute approximate surface area is 145 Å². The molecule has 126 valence electrons. The highest BCUT2D eigenvalue weighted by molar-refractivity contribution is 6.31. The first-order valence-electron chi connectivity index (χ1n) is 7.52. The van der Waals surface area contributed by atoms with E-state index < -0.39 is 10.8 Å². The van der Waals surface area contributed by atoms with Gasteiger partial charge in [0.05, 0.1) is 4.92 Å². The number of aromatic nitrogens is 1. The average molecular weight is 348 g/mol. The van der Waals surface area contributed by atoms with Crippen LogP contribution in [0, 0.1) is 16.0 Å². The zero-order valence-electron chi connectivity index (χ0n) is 13.4. The SMILES string of the molecule is CC(C)C(CNC(=O)c1ccc(Cl)cc1[N+](=O)[O-])c1cccnc1. The number of pyridine rings is 1. The second-order valence-electron chi connectivity index (χ2n) is 5.77. The van der Waals surface area contributed by atoms with Crippen LogP contribution in [0.2, 0.25) is 5.02 Å². The van der Waals surface area contributed by atoms with Crippen LogP contribution in [0.15, 0.2) is 42.7 Å². The third-order valence-electron chi connectivity index (χ3n) is 3.80. The second kappa shape index (κ2) is 7.88. The molecule has 24 heavy (non-hydrogen) atoms. The number of rotatable bonds is 6. The number of amides is 1. The topological polar surface area (TPSA) is 85.1 Å². The van der Waals surface area contributed by atoms with Crippen LogP contribution in [0.1, 0.15) is 35.7 Å². The van der Waals surface area contributed by atoms with Crippen molar-refractivity contribution >= 4 is 23.2 Å². The minimum absolute atomic E-state index is 0.00177. The van der Waals surface area contributed by atoms with Gasteiger partial charge in [0.25, 0.3) is 11.6 Å². The Kier molecular flexibility index (Phi) is 5.87. The summed E-state index contributed by atoms with van der Waals surface area (Å²) in [5, 5.41) is 14.1. The zero-order valence-corrected chi connectivity index (χ0v) is 14.2. The van der Waals surface area contributed by atoms with E-state index in [0.717, 1.165) is 5.56 Å². The van der Waals surface area contributed by atoms with Gasteiger partial charge in [-0.2, -0.15) is 0 Å². The van der Waals surface area contributed by atoms with Crippen molar-refractivity contribution in [3.05, 3.63) is 69.0 Å². The third-order valence-corrected chi connectivity index (χ3v) is 4.04. The molecule has 0 aliphatic carbocycles. The van der Waals surface area contributed by atoms with Crippen LogP contribution in [0.4, 0.5) is 5.69 Å². The highest BCUT2D eigenvalue weighted by Crippen LogP contribution is 2.25. The molecule has 0 fully saturated rings. The highest BCUT2D eigenvalue weighted by Gasteiger charge is 2.22. The fourth-order valence-electron chi connectivity index (χ4n) is 2.48. The van der Waals surface area contributed by atoms with E-state index >= 15 is 0 Å². The normalized spacial score (nSPS) is 12.0. The molecule has 2 aromatic rings. The maximum atomic E-state index is 12.4. The molecule has 1 aromatic carbocycles. The van der Waals surface area contributed by atoms with Gasteiger partial charge >= 0.3 is 0 Å². The van der Waals surface area contributed by atoms with Gasteiger partial charge in [-0.3, -0.25) is 19.9 Å². The van der Waals surface area contributed by atoms with Gasteiger partial charge in [-0.05, 0) is 29.7 Å². The number of hydrogen-bond donors (Lipinski definition) is 1. The monoisotopic (exact) mass is 347 g/mol. The van der Waals surface area contributed by atoms with E-state index in [1.807, 2.05) is 12.1 Å². The van der Waals surface area contributed by atoms with Crippen LogP contribution in [0.3, 0.4) is 0 Å². The lowest BCUT2D eigenvalue weighted by Crippen LogP contribution is -2.30. The summed E-state index contributed by atoms with van der Waals surface area (Å²) in [7, 11) is 0. The molecule has 1 N–H and O–H groups in total. The number of nitrogens with zero attached hydrogens (tertiary/aromatic N) is 2. The summed E-state index contributed by atoms with van der Waals surface area (Å²) in [5.74, 6) is -0.156. The van der Waals surface area contributed by atoms with Gasteiger partial charge in [0.1, 0.15) is 5.56 Å². The minimum Gasteiger partial charge on any atom is -0.351 e. The molecule has 1 atom stereocenters. The summed E-state index contributed by atoms with van der Waals surface area (Å²) in [5.41, 5.74) is 0.707. The molecule has 0 radical (unpaired) electrons. The standard InChI is InChI=1S/C17H18ClN3O3/c1-11(2)15(12-4-3-7-19-9-12)10-20-17(22)14-6-5-13(18)8-16(14)21(23)24/h3-9,11,15H,10H2,1-2H3,(H,20,22). The van der Waals surface area contributed by atoms with Gasteiger partial charge in [-0.1, -0.05) is 31.5 Å². The summed E-state index contributed by atoms with van der Waals surface area (Å²) in [6.07, 6.45) is 3.46. The van der Waals surface area contributed by atoms with Crippen molar-refractivity contribution in [3.8, 4) is 0 Å². The first-order chi connectivity index (χ1) is 11.4. The number of nitrogens with one attached hydrogen (secondary N) is 1. The van der Waals surface area contributed by atoms with E-state index in [0.29, 0.717) is 6.54 Å². The molecule has 1 amide bonds. The first-order valence-corrected chi connectivity index (χ1v) is 7.90. The van der Waals surface area contributed by atoms with Crippen LogP contribution < -0.4 is 5.32 Å². The predicted octanol–water partition coefficient (Wildman–Crippen LogP) is 3.81. The molecule has 1 aromatic heterocycles. The lowest BCUT2D eigenvalue weighted by atomic mass is 9.89. The number of carbonyl (C=O) groups excluding carboxylic acids is 1. The van der Waals surface area contributed by atoms with Crippen LogP contribution >= 0.6 is 11.6 Å². The van der Waals surface area contributed by atoms with E-state index in [-0.39, 0.29) is 28.1 Å². The Morgan fingerprint density at radius 2 is 2.12 bits per heavy atom. The van der Waals surface area contributed by atoms with Crippen LogP contribution in [-0.2, 0) is 0 Å². The van der Waals surface area contributed by atoms with E-state index in [1.54, 1.807) is 12.4 Å². The molecule has 0 bridgehead atoms. The van der Waals surface area contributed by atoms with Crippen LogP contribution in [-0.4, -0.2) is 22.4 Å². The van der Waals surface area contributed by atoms with Crippen molar-refractivity contribution in [3.63, 3.8) is 0 Å².